The molecule has 0 aromatic rings. The summed E-state index contributed by atoms with van der Waals surface area (Å²) in [4.78, 5) is 12.0. The van der Waals surface area contributed by atoms with Crippen molar-refractivity contribution in [1.29, 1.82) is 0 Å². The summed E-state index contributed by atoms with van der Waals surface area (Å²) >= 11 is 5.07. The molecule has 0 aliphatic carbocycles. The van der Waals surface area contributed by atoms with E-state index in [2.05, 4.69) is 17.2 Å². The standard InChI is InChI=1S/C11H20N2O2S/c1-6-7-12-9(16)8(2)13-10(14)15-11(3,4)5/h6,8H,1,7H2,2-5H3,(H,12,16)(H,13,14)/t8-/m0/s1. The molecule has 0 aliphatic heterocycles. The predicted molar refractivity (Wildman–Crippen MR) is 69.6 cm³/mol. The number of carbonyl (C=O) groups excluding carboxylic acids is 1. The van der Waals surface area contributed by atoms with Gasteiger partial charge in [-0.1, -0.05) is 18.3 Å². The number of carbonyl (C=O) groups is 1. The van der Waals surface area contributed by atoms with Crippen molar-refractivity contribution in [1.82, 2.24) is 10.6 Å². The van der Waals surface area contributed by atoms with Crippen LogP contribution in [0.2, 0.25) is 0 Å². The first-order valence-electron chi connectivity index (χ1n) is 5.14. The average Bonchev–Trinajstić information content (AvgIpc) is 2.10. The molecule has 92 valence electrons. The second-order valence-electron chi connectivity index (χ2n) is 4.40. The van der Waals surface area contributed by atoms with Crippen molar-refractivity contribution in [3.63, 3.8) is 0 Å². The molecule has 0 aliphatic rings. The van der Waals surface area contributed by atoms with Gasteiger partial charge in [-0.25, -0.2) is 4.79 Å². The van der Waals surface area contributed by atoms with Gasteiger partial charge in [0.15, 0.2) is 0 Å². The maximum atomic E-state index is 11.4. The first-order valence-corrected chi connectivity index (χ1v) is 5.55. The molecule has 0 spiro atoms. The summed E-state index contributed by atoms with van der Waals surface area (Å²) in [5.74, 6) is 0. The van der Waals surface area contributed by atoms with E-state index in [0.717, 1.165) is 0 Å². The zero-order chi connectivity index (χ0) is 12.8. The third-order valence-electron chi connectivity index (χ3n) is 1.55. The molecule has 16 heavy (non-hydrogen) atoms. The summed E-state index contributed by atoms with van der Waals surface area (Å²) in [6.45, 7) is 11.4. The molecule has 0 unspecified atom stereocenters. The lowest BCUT2D eigenvalue weighted by Gasteiger charge is -2.22. The highest BCUT2D eigenvalue weighted by Gasteiger charge is 2.18. The third-order valence-corrected chi connectivity index (χ3v) is 2.05. The zero-order valence-corrected chi connectivity index (χ0v) is 11.1. The fraction of sp³-hybridized carbons (Fsp3) is 0.636. The quantitative estimate of drug-likeness (QED) is 0.586. The normalized spacial score (nSPS) is 12.5. The highest BCUT2D eigenvalue weighted by Crippen LogP contribution is 2.06. The Morgan fingerprint density at radius 2 is 2.12 bits per heavy atom. The molecule has 0 bridgehead atoms. The van der Waals surface area contributed by atoms with Crippen LogP contribution in [-0.4, -0.2) is 29.3 Å². The lowest BCUT2D eigenvalue weighted by Crippen LogP contribution is -2.45. The Labute approximate surface area is 102 Å². The molecule has 2 N–H and O–H groups in total. The fourth-order valence-corrected chi connectivity index (χ4v) is 1.02. The van der Waals surface area contributed by atoms with Gasteiger partial charge in [-0.3, -0.25) is 0 Å². The number of alkyl carbamates (subject to hydrolysis) is 1. The van der Waals surface area contributed by atoms with Crippen LogP contribution in [0.1, 0.15) is 27.7 Å². The summed E-state index contributed by atoms with van der Waals surface area (Å²) in [5, 5.41) is 5.59. The average molecular weight is 244 g/mol. The number of nitrogens with one attached hydrogen (secondary N) is 2. The van der Waals surface area contributed by atoms with Crippen molar-refractivity contribution < 1.29 is 9.53 Å². The highest BCUT2D eigenvalue weighted by molar-refractivity contribution is 7.80. The molecule has 1 atom stereocenters. The Kier molecular flexibility index (Phi) is 6.03. The molecular weight excluding hydrogens is 224 g/mol. The van der Waals surface area contributed by atoms with Crippen LogP contribution in [0.25, 0.3) is 0 Å². The summed E-state index contributed by atoms with van der Waals surface area (Å²) in [7, 11) is 0. The molecular formula is C11H20N2O2S. The molecule has 0 radical (unpaired) electrons. The molecule has 0 heterocycles. The van der Waals surface area contributed by atoms with E-state index < -0.39 is 11.7 Å². The van der Waals surface area contributed by atoms with Crippen molar-refractivity contribution >= 4 is 23.3 Å². The number of amides is 1. The maximum absolute atomic E-state index is 11.4. The van der Waals surface area contributed by atoms with Crippen molar-refractivity contribution in [3.05, 3.63) is 12.7 Å². The first-order chi connectivity index (χ1) is 7.26. The fourth-order valence-electron chi connectivity index (χ4n) is 0.876. The summed E-state index contributed by atoms with van der Waals surface area (Å²) < 4.78 is 5.11. The SMILES string of the molecule is C=CCNC(=S)[C@H](C)NC(=O)OC(C)(C)C. The van der Waals surface area contributed by atoms with E-state index in [1.807, 2.05) is 20.8 Å². The molecule has 0 aromatic carbocycles. The zero-order valence-electron chi connectivity index (χ0n) is 10.3. The highest BCUT2D eigenvalue weighted by atomic mass is 32.1. The van der Waals surface area contributed by atoms with Gasteiger partial charge in [-0.2, -0.15) is 0 Å². The van der Waals surface area contributed by atoms with Gasteiger partial charge < -0.3 is 15.4 Å². The molecule has 0 saturated heterocycles. The van der Waals surface area contributed by atoms with E-state index in [1.165, 1.54) is 0 Å². The van der Waals surface area contributed by atoms with E-state index in [-0.39, 0.29) is 6.04 Å². The Morgan fingerprint density at radius 3 is 2.56 bits per heavy atom. The molecule has 1 amide bonds. The minimum absolute atomic E-state index is 0.259. The van der Waals surface area contributed by atoms with Crippen LogP contribution in [-0.2, 0) is 4.74 Å². The minimum atomic E-state index is -0.500. The van der Waals surface area contributed by atoms with Gasteiger partial charge >= 0.3 is 6.09 Å². The van der Waals surface area contributed by atoms with Crippen LogP contribution in [0, 0.1) is 0 Å². The Hall–Kier alpha value is -1.10. The van der Waals surface area contributed by atoms with Crippen LogP contribution < -0.4 is 10.6 Å². The van der Waals surface area contributed by atoms with Gasteiger partial charge in [-0.15, -0.1) is 6.58 Å². The second-order valence-corrected chi connectivity index (χ2v) is 4.84. The van der Waals surface area contributed by atoms with E-state index in [1.54, 1.807) is 13.0 Å². The Morgan fingerprint density at radius 1 is 1.56 bits per heavy atom. The van der Waals surface area contributed by atoms with Crippen molar-refractivity contribution in [2.75, 3.05) is 6.54 Å². The van der Waals surface area contributed by atoms with Crippen molar-refractivity contribution in [2.45, 2.75) is 39.3 Å². The van der Waals surface area contributed by atoms with E-state index in [0.29, 0.717) is 11.5 Å². The number of hydrogen-bond donors (Lipinski definition) is 2. The van der Waals surface area contributed by atoms with Gasteiger partial charge in [0.05, 0.1) is 11.0 Å². The number of hydrogen-bond acceptors (Lipinski definition) is 3. The van der Waals surface area contributed by atoms with Gasteiger partial charge in [0.25, 0.3) is 0 Å². The minimum Gasteiger partial charge on any atom is -0.444 e. The molecule has 4 nitrogen and oxygen atoms in total. The topological polar surface area (TPSA) is 50.4 Å². The Balaban J connectivity index is 4.04. The van der Waals surface area contributed by atoms with Gasteiger partial charge in [0.1, 0.15) is 5.60 Å². The number of thiocarbonyl (C=S) groups is 1. The lowest BCUT2D eigenvalue weighted by atomic mass is 10.2. The molecule has 0 fully saturated rings. The summed E-state index contributed by atoms with van der Waals surface area (Å²) in [6, 6.07) is -0.259. The molecule has 0 rings (SSSR count). The monoisotopic (exact) mass is 244 g/mol. The van der Waals surface area contributed by atoms with Gasteiger partial charge in [0, 0.05) is 6.54 Å². The molecule has 5 heteroatoms. The molecule has 0 aromatic heterocycles. The van der Waals surface area contributed by atoms with Gasteiger partial charge in [-0.05, 0) is 27.7 Å². The second kappa shape index (κ2) is 6.48. The van der Waals surface area contributed by atoms with Crippen molar-refractivity contribution in [3.8, 4) is 0 Å². The summed E-state index contributed by atoms with van der Waals surface area (Å²) in [5.41, 5.74) is -0.500. The molecule has 0 saturated carbocycles. The van der Waals surface area contributed by atoms with Gasteiger partial charge in [0.2, 0.25) is 0 Å². The van der Waals surface area contributed by atoms with Crippen LogP contribution in [0.5, 0.6) is 0 Å². The smallest absolute Gasteiger partial charge is 0.408 e. The van der Waals surface area contributed by atoms with Crippen LogP contribution >= 0.6 is 12.2 Å². The Bertz CT molecular complexity index is 272. The number of rotatable bonds is 4. The van der Waals surface area contributed by atoms with Crippen LogP contribution in [0.3, 0.4) is 0 Å². The van der Waals surface area contributed by atoms with Crippen molar-refractivity contribution in [2.24, 2.45) is 0 Å². The number of ether oxygens (including phenoxy) is 1. The van der Waals surface area contributed by atoms with E-state index in [9.17, 15) is 4.79 Å². The predicted octanol–water partition coefficient (Wildman–Crippen LogP) is 2.00. The summed E-state index contributed by atoms with van der Waals surface area (Å²) in [6.07, 6.45) is 1.23. The third kappa shape index (κ3) is 7.23. The lowest BCUT2D eigenvalue weighted by molar-refractivity contribution is 0.0521. The van der Waals surface area contributed by atoms with E-state index in [4.69, 9.17) is 17.0 Å². The van der Waals surface area contributed by atoms with Crippen LogP contribution in [0.15, 0.2) is 12.7 Å². The van der Waals surface area contributed by atoms with E-state index >= 15 is 0 Å². The maximum Gasteiger partial charge on any atom is 0.408 e. The first kappa shape index (κ1) is 14.9. The largest absolute Gasteiger partial charge is 0.444 e. The van der Waals surface area contributed by atoms with Crippen LogP contribution in [0.4, 0.5) is 4.79 Å².